The highest BCUT2D eigenvalue weighted by atomic mass is 79.9. The van der Waals surface area contributed by atoms with E-state index in [9.17, 15) is 0 Å². The number of likely N-dealkylation sites (N-methyl/N-ethyl adjacent to an activating group) is 1. The van der Waals surface area contributed by atoms with Gasteiger partial charge in [-0.3, -0.25) is 0 Å². The lowest BCUT2D eigenvalue weighted by molar-refractivity contribution is 0.130. The molecule has 2 rings (SSSR count). The van der Waals surface area contributed by atoms with Crippen LogP contribution in [-0.2, 0) is 4.74 Å². The fourth-order valence-corrected chi connectivity index (χ4v) is 2.28. The van der Waals surface area contributed by atoms with Crippen molar-refractivity contribution in [1.82, 2.24) is 9.97 Å². The number of halogens is 1. The summed E-state index contributed by atoms with van der Waals surface area (Å²) in [7, 11) is 2.02. The second-order valence-electron chi connectivity index (χ2n) is 5.23. The third kappa shape index (κ3) is 4.90. The molecule has 6 heteroatoms. The molecule has 112 valence electrons. The highest BCUT2D eigenvalue weighted by molar-refractivity contribution is 9.10. The van der Waals surface area contributed by atoms with Gasteiger partial charge in [-0.15, -0.1) is 0 Å². The van der Waals surface area contributed by atoms with E-state index in [1.807, 2.05) is 7.05 Å². The summed E-state index contributed by atoms with van der Waals surface area (Å²) in [5, 5.41) is 3.21. The largest absolute Gasteiger partial charge is 0.379 e. The molecule has 1 aromatic rings. The van der Waals surface area contributed by atoms with E-state index in [2.05, 4.69) is 43.0 Å². The van der Waals surface area contributed by atoms with Gasteiger partial charge in [0.2, 0.25) is 5.95 Å². The number of aromatic nitrogens is 2. The SMILES string of the molecule is CCCNc1ncc(Br)c(N(C)CCOCC2CC2)n1. The van der Waals surface area contributed by atoms with Gasteiger partial charge in [-0.2, -0.15) is 4.98 Å². The van der Waals surface area contributed by atoms with Crippen LogP contribution >= 0.6 is 15.9 Å². The van der Waals surface area contributed by atoms with E-state index in [1.165, 1.54) is 12.8 Å². The fraction of sp³-hybridized carbons (Fsp3) is 0.714. The molecule has 0 unspecified atom stereocenters. The molecule has 1 heterocycles. The number of hydrogen-bond donors (Lipinski definition) is 1. The smallest absolute Gasteiger partial charge is 0.224 e. The zero-order valence-electron chi connectivity index (χ0n) is 12.2. The number of rotatable bonds is 9. The van der Waals surface area contributed by atoms with E-state index in [-0.39, 0.29) is 0 Å². The molecule has 0 amide bonds. The van der Waals surface area contributed by atoms with Crippen LogP contribution < -0.4 is 10.2 Å². The molecule has 1 aromatic heterocycles. The quantitative estimate of drug-likeness (QED) is 0.699. The lowest BCUT2D eigenvalue weighted by Crippen LogP contribution is -2.24. The highest BCUT2D eigenvalue weighted by Crippen LogP contribution is 2.28. The van der Waals surface area contributed by atoms with Crippen LogP contribution in [0.5, 0.6) is 0 Å². The maximum atomic E-state index is 5.67. The van der Waals surface area contributed by atoms with Crippen molar-refractivity contribution in [2.45, 2.75) is 26.2 Å². The van der Waals surface area contributed by atoms with Crippen molar-refractivity contribution in [3.63, 3.8) is 0 Å². The summed E-state index contributed by atoms with van der Waals surface area (Å²) in [6.45, 7) is 5.48. The first-order valence-electron chi connectivity index (χ1n) is 7.26. The van der Waals surface area contributed by atoms with E-state index in [1.54, 1.807) is 6.20 Å². The van der Waals surface area contributed by atoms with Crippen LogP contribution in [0.3, 0.4) is 0 Å². The number of anilines is 2. The van der Waals surface area contributed by atoms with Gasteiger partial charge in [-0.1, -0.05) is 6.92 Å². The van der Waals surface area contributed by atoms with Gasteiger partial charge in [-0.25, -0.2) is 4.98 Å². The van der Waals surface area contributed by atoms with Crippen molar-refractivity contribution in [3.05, 3.63) is 10.7 Å². The number of hydrogen-bond acceptors (Lipinski definition) is 5. The predicted octanol–water partition coefficient (Wildman–Crippen LogP) is 2.92. The number of ether oxygens (including phenoxy) is 1. The topological polar surface area (TPSA) is 50.3 Å². The van der Waals surface area contributed by atoms with Crippen LogP contribution in [0.4, 0.5) is 11.8 Å². The van der Waals surface area contributed by atoms with Crippen LogP contribution in [-0.4, -0.2) is 43.3 Å². The molecule has 0 aliphatic heterocycles. The molecule has 0 saturated heterocycles. The molecule has 0 atom stereocenters. The maximum Gasteiger partial charge on any atom is 0.224 e. The van der Waals surface area contributed by atoms with Crippen molar-refractivity contribution in [1.29, 1.82) is 0 Å². The molecule has 1 aliphatic rings. The Balaban J connectivity index is 1.84. The highest BCUT2D eigenvalue weighted by Gasteiger charge is 2.21. The Morgan fingerprint density at radius 1 is 1.50 bits per heavy atom. The Kier molecular flexibility index (Phi) is 6.04. The summed E-state index contributed by atoms with van der Waals surface area (Å²) < 4.78 is 6.58. The minimum Gasteiger partial charge on any atom is -0.379 e. The van der Waals surface area contributed by atoms with Crippen molar-refractivity contribution in [2.75, 3.05) is 43.6 Å². The summed E-state index contributed by atoms with van der Waals surface area (Å²) in [5.41, 5.74) is 0. The van der Waals surface area contributed by atoms with E-state index in [0.717, 1.165) is 48.9 Å². The second-order valence-corrected chi connectivity index (χ2v) is 6.09. The minimum absolute atomic E-state index is 0.677. The zero-order chi connectivity index (χ0) is 14.4. The average Bonchev–Trinajstić information content (AvgIpc) is 3.26. The van der Waals surface area contributed by atoms with Gasteiger partial charge in [0.1, 0.15) is 5.82 Å². The van der Waals surface area contributed by atoms with E-state index >= 15 is 0 Å². The summed E-state index contributed by atoms with van der Waals surface area (Å²) in [4.78, 5) is 10.9. The normalized spacial score (nSPS) is 14.3. The molecular weight excluding hydrogens is 320 g/mol. The molecule has 0 aromatic carbocycles. The first-order chi connectivity index (χ1) is 9.70. The molecule has 1 N–H and O–H groups in total. The van der Waals surface area contributed by atoms with Crippen LogP contribution in [0, 0.1) is 5.92 Å². The van der Waals surface area contributed by atoms with Crippen LogP contribution in [0.15, 0.2) is 10.7 Å². The molecule has 1 fully saturated rings. The average molecular weight is 343 g/mol. The molecule has 20 heavy (non-hydrogen) atoms. The maximum absolute atomic E-state index is 5.67. The van der Waals surface area contributed by atoms with Gasteiger partial charge in [-0.05, 0) is 41.1 Å². The molecule has 0 bridgehead atoms. The van der Waals surface area contributed by atoms with E-state index in [0.29, 0.717) is 5.95 Å². The van der Waals surface area contributed by atoms with Crippen molar-refractivity contribution < 1.29 is 4.74 Å². The molecule has 1 aliphatic carbocycles. The molecule has 5 nitrogen and oxygen atoms in total. The van der Waals surface area contributed by atoms with Gasteiger partial charge in [0.05, 0.1) is 11.1 Å². The molecule has 1 saturated carbocycles. The van der Waals surface area contributed by atoms with Crippen LogP contribution in [0.25, 0.3) is 0 Å². The van der Waals surface area contributed by atoms with Crippen LogP contribution in [0.2, 0.25) is 0 Å². The van der Waals surface area contributed by atoms with Gasteiger partial charge < -0.3 is 15.0 Å². The molecular formula is C14H23BrN4O. The van der Waals surface area contributed by atoms with E-state index in [4.69, 9.17) is 4.74 Å². The summed E-state index contributed by atoms with van der Waals surface area (Å²) in [6.07, 6.45) is 5.51. The Morgan fingerprint density at radius 2 is 2.30 bits per heavy atom. The third-order valence-electron chi connectivity index (χ3n) is 3.24. The molecule has 0 spiro atoms. The Labute approximate surface area is 129 Å². The number of nitrogens with one attached hydrogen (secondary N) is 1. The van der Waals surface area contributed by atoms with Gasteiger partial charge in [0.15, 0.2) is 0 Å². The Hall–Kier alpha value is -0.880. The van der Waals surface area contributed by atoms with Crippen molar-refractivity contribution in [3.8, 4) is 0 Å². The summed E-state index contributed by atoms with van der Waals surface area (Å²) in [6, 6.07) is 0. The number of nitrogens with zero attached hydrogens (tertiary/aromatic N) is 3. The zero-order valence-corrected chi connectivity index (χ0v) is 13.8. The second kappa shape index (κ2) is 7.78. The van der Waals surface area contributed by atoms with E-state index < -0.39 is 0 Å². The van der Waals surface area contributed by atoms with Gasteiger partial charge >= 0.3 is 0 Å². The first kappa shape index (κ1) is 15.5. The standard InChI is InChI=1S/C14H23BrN4O/c1-3-6-16-14-17-9-12(15)13(18-14)19(2)7-8-20-10-11-4-5-11/h9,11H,3-8,10H2,1-2H3,(H,16,17,18). The van der Waals surface area contributed by atoms with Gasteiger partial charge in [0, 0.05) is 32.9 Å². The van der Waals surface area contributed by atoms with Gasteiger partial charge in [0.25, 0.3) is 0 Å². The first-order valence-corrected chi connectivity index (χ1v) is 8.05. The molecule has 0 radical (unpaired) electrons. The lowest BCUT2D eigenvalue weighted by atomic mass is 10.4. The fourth-order valence-electron chi connectivity index (χ4n) is 1.79. The monoisotopic (exact) mass is 342 g/mol. The Bertz CT molecular complexity index is 426. The predicted molar refractivity (Wildman–Crippen MR) is 85.3 cm³/mol. The summed E-state index contributed by atoms with van der Waals surface area (Å²) >= 11 is 3.51. The van der Waals surface area contributed by atoms with Crippen LogP contribution in [0.1, 0.15) is 26.2 Å². The Morgan fingerprint density at radius 3 is 3.00 bits per heavy atom. The lowest BCUT2D eigenvalue weighted by Gasteiger charge is -2.20. The van der Waals surface area contributed by atoms with Crippen molar-refractivity contribution >= 4 is 27.7 Å². The third-order valence-corrected chi connectivity index (χ3v) is 3.80. The summed E-state index contributed by atoms with van der Waals surface area (Å²) in [5.74, 6) is 2.39. The van der Waals surface area contributed by atoms with Crippen molar-refractivity contribution in [2.24, 2.45) is 5.92 Å². The minimum atomic E-state index is 0.677.